The number of methoxy groups -OCH3 is 1. The summed E-state index contributed by atoms with van der Waals surface area (Å²) >= 11 is 0. The first-order valence-electron chi connectivity index (χ1n) is 6.41. The van der Waals surface area contributed by atoms with E-state index in [0.717, 1.165) is 5.75 Å². The summed E-state index contributed by atoms with van der Waals surface area (Å²) in [6.45, 7) is 2.45. The first kappa shape index (κ1) is 11.0. The highest BCUT2D eigenvalue weighted by molar-refractivity contribution is 5.35. The van der Waals surface area contributed by atoms with Crippen molar-refractivity contribution in [2.45, 2.75) is 25.7 Å². The molecule has 1 aliphatic heterocycles. The van der Waals surface area contributed by atoms with Crippen molar-refractivity contribution in [3.63, 3.8) is 0 Å². The normalized spacial score (nSPS) is 22.7. The van der Waals surface area contributed by atoms with E-state index in [1.165, 1.54) is 50.0 Å². The monoisotopic (exact) mass is 232 g/mol. The molecule has 0 N–H and O–H groups in total. The molecule has 1 fully saturated rings. The molecule has 3 nitrogen and oxygen atoms in total. The van der Waals surface area contributed by atoms with Gasteiger partial charge in [0.2, 0.25) is 0 Å². The molecule has 3 heteroatoms. The van der Waals surface area contributed by atoms with Crippen LogP contribution in [0.1, 0.15) is 24.1 Å². The number of fused-ring (bicyclic) bond motifs is 1. The van der Waals surface area contributed by atoms with E-state index in [1.54, 1.807) is 7.11 Å². The molecule has 0 bridgehead atoms. The lowest BCUT2D eigenvalue weighted by atomic mass is 9.76. The lowest BCUT2D eigenvalue weighted by Gasteiger charge is -2.37. The van der Waals surface area contributed by atoms with E-state index in [4.69, 9.17) is 4.74 Å². The molecule has 0 amide bonds. The van der Waals surface area contributed by atoms with Crippen molar-refractivity contribution in [1.29, 1.82) is 0 Å². The average Bonchev–Trinajstić information content (AvgIpc) is 2.70. The zero-order chi connectivity index (χ0) is 11.9. The average molecular weight is 232 g/mol. The van der Waals surface area contributed by atoms with E-state index in [-0.39, 0.29) is 0 Å². The molecule has 1 aromatic heterocycles. The predicted octanol–water partition coefficient (Wildman–Crippen LogP) is 1.90. The van der Waals surface area contributed by atoms with Gasteiger partial charge in [0.05, 0.1) is 13.3 Å². The molecule has 3 rings (SSSR count). The molecule has 1 aliphatic carbocycles. The Labute approximate surface area is 103 Å². The quantitative estimate of drug-likeness (QED) is 0.739. The second kappa shape index (κ2) is 3.98. The minimum absolute atomic E-state index is 0.494. The maximum absolute atomic E-state index is 5.26. The fourth-order valence-corrected chi connectivity index (χ4v) is 3.21. The van der Waals surface area contributed by atoms with Crippen LogP contribution in [0.15, 0.2) is 12.3 Å². The van der Waals surface area contributed by atoms with Gasteiger partial charge in [-0.3, -0.25) is 4.98 Å². The summed E-state index contributed by atoms with van der Waals surface area (Å²) in [5.41, 5.74) is 3.21. The van der Waals surface area contributed by atoms with Crippen molar-refractivity contribution >= 4 is 0 Å². The first-order valence-corrected chi connectivity index (χ1v) is 6.41. The van der Waals surface area contributed by atoms with Crippen LogP contribution in [-0.4, -0.2) is 37.1 Å². The summed E-state index contributed by atoms with van der Waals surface area (Å²) in [6.07, 6.45) is 6.83. The Kier molecular flexibility index (Phi) is 2.58. The van der Waals surface area contributed by atoms with Crippen molar-refractivity contribution in [3.05, 3.63) is 23.5 Å². The fourth-order valence-electron chi connectivity index (χ4n) is 3.21. The second-order valence-corrected chi connectivity index (χ2v) is 5.64. The van der Waals surface area contributed by atoms with Gasteiger partial charge in [0.1, 0.15) is 5.75 Å². The molecule has 1 saturated heterocycles. The third-order valence-electron chi connectivity index (χ3n) is 4.43. The molecule has 92 valence electrons. The number of aromatic nitrogens is 1. The number of nitrogens with zero attached hydrogens (tertiary/aromatic N) is 2. The Balaban J connectivity index is 1.82. The van der Waals surface area contributed by atoms with Gasteiger partial charge in [-0.2, -0.15) is 0 Å². The molecule has 0 unspecified atom stereocenters. The van der Waals surface area contributed by atoms with Gasteiger partial charge in [0.25, 0.3) is 0 Å². The summed E-state index contributed by atoms with van der Waals surface area (Å²) in [5, 5.41) is 0. The third-order valence-corrected chi connectivity index (χ3v) is 4.43. The van der Waals surface area contributed by atoms with E-state index in [1.807, 2.05) is 6.20 Å². The standard InChI is InChI=1S/C14H20N2O/c1-16-5-3-14(4-6-16)8-11-7-12(17-2)10-15-13(11)9-14/h7,10H,3-6,8-9H2,1-2H3. The lowest BCUT2D eigenvalue weighted by Crippen LogP contribution is -2.38. The Hall–Kier alpha value is -1.09. The van der Waals surface area contributed by atoms with Crippen molar-refractivity contribution in [2.75, 3.05) is 27.2 Å². The van der Waals surface area contributed by atoms with Gasteiger partial charge in [-0.05, 0) is 62.9 Å². The minimum Gasteiger partial charge on any atom is -0.495 e. The third kappa shape index (κ3) is 1.93. The Morgan fingerprint density at radius 2 is 2.06 bits per heavy atom. The zero-order valence-electron chi connectivity index (χ0n) is 10.7. The molecule has 17 heavy (non-hydrogen) atoms. The summed E-state index contributed by atoms with van der Waals surface area (Å²) in [6, 6.07) is 2.18. The molecule has 2 heterocycles. The van der Waals surface area contributed by atoms with Crippen molar-refractivity contribution < 1.29 is 4.74 Å². The van der Waals surface area contributed by atoms with Crippen LogP contribution in [0.4, 0.5) is 0 Å². The van der Waals surface area contributed by atoms with Crippen LogP contribution in [0.5, 0.6) is 5.75 Å². The van der Waals surface area contributed by atoms with E-state index in [2.05, 4.69) is 23.0 Å². The lowest BCUT2D eigenvalue weighted by molar-refractivity contribution is 0.131. The van der Waals surface area contributed by atoms with Gasteiger partial charge < -0.3 is 9.64 Å². The summed E-state index contributed by atoms with van der Waals surface area (Å²) in [7, 11) is 3.93. The number of pyridine rings is 1. The summed E-state index contributed by atoms with van der Waals surface area (Å²) in [5.74, 6) is 0.897. The van der Waals surface area contributed by atoms with Gasteiger partial charge in [0, 0.05) is 5.69 Å². The largest absolute Gasteiger partial charge is 0.495 e. The van der Waals surface area contributed by atoms with Crippen LogP contribution in [0, 0.1) is 5.41 Å². The SMILES string of the molecule is COc1cnc2c(c1)CC1(CCN(C)CC1)C2. The number of likely N-dealkylation sites (tertiary alicyclic amines) is 1. The number of ether oxygens (including phenoxy) is 1. The molecule has 0 saturated carbocycles. The Morgan fingerprint density at radius 1 is 1.29 bits per heavy atom. The predicted molar refractivity (Wildman–Crippen MR) is 67.4 cm³/mol. The van der Waals surface area contributed by atoms with Gasteiger partial charge in [-0.15, -0.1) is 0 Å². The van der Waals surface area contributed by atoms with Crippen LogP contribution < -0.4 is 4.74 Å². The second-order valence-electron chi connectivity index (χ2n) is 5.64. The maximum Gasteiger partial charge on any atom is 0.137 e. The Morgan fingerprint density at radius 3 is 2.76 bits per heavy atom. The number of rotatable bonds is 1. The van der Waals surface area contributed by atoms with Gasteiger partial charge in [-0.25, -0.2) is 0 Å². The van der Waals surface area contributed by atoms with Gasteiger partial charge >= 0.3 is 0 Å². The van der Waals surface area contributed by atoms with Crippen LogP contribution >= 0.6 is 0 Å². The molecule has 1 aromatic rings. The van der Waals surface area contributed by atoms with Gasteiger partial charge in [-0.1, -0.05) is 0 Å². The smallest absolute Gasteiger partial charge is 0.137 e. The van der Waals surface area contributed by atoms with E-state index in [9.17, 15) is 0 Å². The van der Waals surface area contributed by atoms with Crippen molar-refractivity contribution in [3.8, 4) is 5.75 Å². The minimum atomic E-state index is 0.494. The zero-order valence-corrected chi connectivity index (χ0v) is 10.7. The molecule has 2 aliphatic rings. The van der Waals surface area contributed by atoms with E-state index in [0.29, 0.717) is 5.41 Å². The Bertz CT molecular complexity index is 422. The highest BCUT2D eigenvalue weighted by atomic mass is 16.5. The maximum atomic E-state index is 5.26. The highest BCUT2D eigenvalue weighted by Crippen LogP contribution is 2.44. The van der Waals surface area contributed by atoms with Crippen molar-refractivity contribution in [2.24, 2.45) is 5.41 Å². The van der Waals surface area contributed by atoms with Crippen LogP contribution in [-0.2, 0) is 12.8 Å². The first-order chi connectivity index (χ1) is 8.21. The molecular formula is C14H20N2O. The van der Waals surface area contributed by atoms with Crippen molar-refractivity contribution in [1.82, 2.24) is 9.88 Å². The molecule has 0 radical (unpaired) electrons. The topological polar surface area (TPSA) is 25.4 Å². The molecule has 0 aromatic carbocycles. The van der Waals surface area contributed by atoms with E-state index >= 15 is 0 Å². The fraction of sp³-hybridized carbons (Fsp3) is 0.643. The van der Waals surface area contributed by atoms with Gasteiger partial charge in [0.15, 0.2) is 0 Å². The number of hydrogen-bond donors (Lipinski definition) is 0. The van der Waals surface area contributed by atoms with Crippen LogP contribution in [0.3, 0.4) is 0 Å². The number of piperidine rings is 1. The molecular weight excluding hydrogens is 212 g/mol. The number of hydrogen-bond acceptors (Lipinski definition) is 3. The van der Waals surface area contributed by atoms with Crippen LogP contribution in [0.2, 0.25) is 0 Å². The molecule has 1 spiro atoms. The summed E-state index contributed by atoms with van der Waals surface area (Å²) < 4.78 is 5.26. The molecule has 0 atom stereocenters. The van der Waals surface area contributed by atoms with Crippen LogP contribution in [0.25, 0.3) is 0 Å². The summed E-state index contributed by atoms with van der Waals surface area (Å²) in [4.78, 5) is 6.99. The van der Waals surface area contributed by atoms with E-state index < -0.39 is 0 Å². The highest BCUT2D eigenvalue weighted by Gasteiger charge is 2.39.